The van der Waals surface area contributed by atoms with E-state index in [1.165, 1.54) is 0 Å². The largest absolute Gasteiger partial charge is 0.399 e. The molecule has 1 amide bonds. The Hall–Kier alpha value is -1.55. The van der Waals surface area contributed by atoms with Crippen LogP contribution in [-0.4, -0.2) is 36.6 Å². The van der Waals surface area contributed by atoms with E-state index in [9.17, 15) is 4.79 Å². The van der Waals surface area contributed by atoms with Crippen molar-refractivity contribution in [3.05, 3.63) is 29.3 Å². The highest BCUT2D eigenvalue weighted by atomic mass is 16.5. The number of benzene rings is 1. The van der Waals surface area contributed by atoms with Crippen molar-refractivity contribution in [2.24, 2.45) is 0 Å². The minimum Gasteiger partial charge on any atom is -0.399 e. The molecular weight excluding hydrogens is 240 g/mol. The van der Waals surface area contributed by atoms with Crippen molar-refractivity contribution in [1.29, 1.82) is 0 Å². The Morgan fingerprint density at radius 3 is 2.95 bits per heavy atom. The first kappa shape index (κ1) is 13.9. The number of aryl methyl sites for hydroxylation is 1. The lowest BCUT2D eigenvalue weighted by Crippen LogP contribution is -2.37. The summed E-state index contributed by atoms with van der Waals surface area (Å²) in [7, 11) is 0. The lowest BCUT2D eigenvalue weighted by atomic mass is 10.1. The van der Waals surface area contributed by atoms with Crippen LogP contribution in [0.4, 0.5) is 5.69 Å². The number of carbonyl (C=O) groups excluding carboxylic acids is 1. The SMILES string of the molecule is CCN(CC1CCCO1)C(=O)c1cc(N)ccc1C. The molecule has 1 heterocycles. The van der Waals surface area contributed by atoms with E-state index in [1.807, 2.05) is 30.9 Å². The molecule has 0 saturated carbocycles. The van der Waals surface area contributed by atoms with Crippen LogP contribution in [0, 0.1) is 6.92 Å². The number of amides is 1. The van der Waals surface area contributed by atoms with E-state index in [4.69, 9.17) is 10.5 Å². The lowest BCUT2D eigenvalue weighted by molar-refractivity contribution is 0.0538. The van der Waals surface area contributed by atoms with Gasteiger partial charge in [-0.25, -0.2) is 0 Å². The van der Waals surface area contributed by atoms with Crippen molar-refractivity contribution < 1.29 is 9.53 Å². The van der Waals surface area contributed by atoms with Gasteiger partial charge < -0.3 is 15.4 Å². The Bertz CT molecular complexity index is 453. The number of nitrogens with zero attached hydrogens (tertiary/aromatic N) is 1. The quantitative estimate of drug-likeness (QED) is 0.846. The normalized spacial score (nSPS) is 18.5. The summed E-state index contributed by atoms with van der Waals surface area (Å²) in [5, 5.41) is 0. The third-order valence-electron chi connectivity index (χ3n) is 3.61. The van der Waals surface area contributed by atoms with Gasteiger partial charge in [-0.3, -0.25) is 4.79 Å². The number of likely N-dealkylation sites (N-methyl/N-ethyl adjacent to an activating group) is 1. The molecule has 4 heteroatoms. The Morgan fingerprint density at radius 1 is 1.53 bits per heavy atom. The van der Waals surface area contributed by atoms with Gasteiger partial charge in [0, 0.05) is 30.9 Å². The van der Waals surface area contributed by atoms with Crippen LogP contribution < -0.4 is 5.73 Å². The Kier molecular flexibility index (Phi) is 4.43. The number of hydrogen-bond donors (Lipinski definition) is 1. The fourth-order valence-electron chi connectivity index (χ4n) is 2.43. The van der Waals surface area contributed by atoms with Gasteiger partial charge >= 0.3 is 0 Å². The van der Waals surface area contributed by atoms with Crippen LogP contribution >= 0.6 is 0 Å². The molecular formula is C15H22N2O2. The van der Waals surface area contributed by atoms with Crippen LogP contribution in [0.3, 0.4) is 0 Å². The molecule has 1 saturated heterocycles. The molecule has 0 radical (unpaired) electrons. The van der Waals surface area contributed by atoms with Gasteiger partial charge in [0.15, 0.2) is 0 Å². The van der Waals surface area contributed by atoms with Crippen LogP contribution in [0.15, 0.2) is 18.2 Å². The van der Waals surface area contributed by atoms with Crippen molar-refractivity contribution in [2.45, 2.75) is 32.8 Å². The second-order valence-corrected chi connectivity index (χ2v) is 5.05. The van der Waals surface area contributed by atoms with Gasteiger partial charge in [0.1, 0.15) is 0 Å². The second-order valence-electron chi connectivity index (χ2n) is 5.05. The van der Waals surface area contributed by atoms with Gasteiger partial charge in [0.25, 0.3) is 5.91 Å². The molecule has 1 aliphatic rings. The molecule has 1 atom stereocenters. The summed E-state index contributed by atoms with van der Waals surface area (Å²) in [6, 6.07) is 5.47. The van der Waals surface area contributed by atoms with Gasteiger partial charge in [-0.1, -0.05) is 6.07 Å². The molecule has 1 unspecified atom stereocenters. The molecule has 1 aromatic rings. The standard InChI is InChI=1S/C15H22N2O2/c1-3-17(10-13-5-4-8-19-13)15(18)14-9-12(16)7-6-11(14)2/h6-7,9,13H,3-5,8,10,16H2,1-2H3. The lowest BCUT2D eigenvalue weighted by Gasteiger charge is -2.24. The van der Waals surface area contributed by atoms with E-state index < -0.39 is 0 Å². The second kappa shape index (κ2) is 6.06. The number of nitrogens with two attached hydrogens (primary N) is 1. The van der Waals surface area contributed by atoms with Crippen LogP contribution in [0.1, 0.15) is 35.7 Å². The van der Waals surface area contributed by atoms with Crippen LogP contribution in [0.5, 0.6) is 0 Å². The summed E-state index contributed by atoms with van der Waals surface area (Å²) in [5.41, 5.74) is 8.06. The molecule has 2 rings (SSSR count). The highest BCUT2D eigenvalue weighted by Gasteiger charge is 2.23. The van der Waals surface area contributed by atoms with E-state index in [1.54, 1.807) is 6.07 Å². The Morgan fingerprint density at radius 2 is 2.32 bits per heavy atom. The summed E-state index contributed by atoms with van der Waals surface area (Å²) < 4.78 is 5.61. The third-order valence-corrected chi connectivity index (χ3v) is 3.61. The highest BCUT2D eigenvalue weighted by molar-refractivity contribution is 5.96. The fourth-order valence-corrected chi connectivity index (χ4v) is 2.43. The predicted octanol–water partition coefficient (Wildman–Crippen LogP) is 2.22. The predicted molar refractivity (Wildman–Crippen MR) is 76.1 cm³/mol. The maximum atomic E-state index is 12.6. The van der Waals surface area contributed by atoms with Gasteiger partial charge in [-0.15, -0.1) is 0 Å². The molecule has 19 heavy (non-hydrogen) atoms. The zero-order chi connectivity index (χ0) is 13.8. The Balaban J connectivity index is 2.12. The molecule has 0 spiro atoms. The summed E-state index contributed by atoms with van der Waals surface area (Å²) in [6.45, 7) is 6.10. The number of rotatable bonds is 4. The highest BCUT2D eigenvalue weighted by Crippen LogP contribution is 2.18. The summed E-state index contributed by atoms with van der Waals surface area (Å²) in [6.07, 6.45) is 2.32. The average Bonchev–Trinajstić information content (AvgIpc) is 2.91. The van der Waals surface area contributed by atoms with Crippen LogP contribution in [0.25, 0.3) is 0 Å². The molecule has 0 bridgehead atoms. The van der Waals surface area contributed by atoms with Gasteiger partial charge in [0.2, 0.25) is 0 Å². The van der Waals surface area contributed by atoms with Crippen LogP contribution in [-0.2, 0) is 4.74 Å². The minimum absolute atomic E-state index is 0.0443. The minimum atomic E-state index is 0.0443. The summed E-state index contributed by atoms with van der Waals surface area (Å²) >= 11 is 0. The topological polar surface area (TPSA) is 55.6 Å². The van der Waals surface area contributed by atoms with Gasteiger partial charge in [-0.2, -0.15) is 0 Å². The molecule has 1 aliphatic heterocycles. The van der Waals surface area contributed by atoms with Crippen LogP contribution in [0.2, 0.25) is 0 Å². The molecule has 2 N–H and O–H groups in total. The van der Waals surface area contributed by atoms with Crippen molar-refractivity contribution in [3.8, 4) is 0 Å². The van der Waals surface area contributed by atoms with E-state index >= 15 is 0 Å². The third kappa shape index (κ3) is 3.26. The fraction of sp³-hybridized carbons (Fsp3) is 0.533. The maximum Gasteiger partial charge on any atom is 0.254 e. The zero-order valence-electron chi connectivity index (χ0n) is 11.7. The van der Waals surface area contributed by atoms with Gasteiger partial charge in [-0.05, 0) is 44.4 Å². The number of hydrogen-bond acceptors (Lipinski definition) is 3. The molecule has 0 aliphatic carbocycles. The molecule has 1 aromatic carbocycles. The van der Waals surface area contributed by atoms with E-state index in [-0.39, 0.29) is 12.0 Å². The first-order chi connectivity index (χ1) is 9.11. The molecule has 0 aromatic heterocycles. The average molecular weight is 262 g/mol. The van der Waals surface area contributed by atoms with E-state index in [0.29, 0.717) is 24.3 Å². The summed E-state index contributed by atoms with van der Waals surface area (Å²) in [5.74, 6) is 0.0443. The van der Waals surface area contributed by atoms with Crippen molar-refractivity contribution in [2.75, 3.05) is 25.4 Å². The van der Waals surface area contributed by atoms with E-state index in [2.05, 4.69) is 0 Å². The number of ether oxygens (including phenoxy) is 1. The molecule has 104 valence electrons. The van der Waals surface area contributed by atoms with E-state index in [0.717, 1.165) is 25.0 Å². The first-order valence-electron chi connectivity index (χ1n) is 6.88. The number of carbonyl (C=O) groups is 1. The molecule has 1 fully saturated rings. The maximum absolute atomic E-state index is 12.6. The first-order valence-corrected chi connectivity index (χ1v) is 6.88. The number of anilines is 1. The van der Waals surface area contributed by atoms with Crippen molar-refractivity contribution in [1.82, 2.24) is 4.90 Å². The van der Waals surface area contributed by atoms with Crippen molar-refractivity contribution in [3.63, 3.8) is 0 Å². The van der Waals surface area contributed by atoms with Gasteiger partial charge in [0.05, 0.1) is 6.10 Å². The molecule has 4 nitrogen and oxygen atoms in total. The number of nitrogen functional groups attached to an aromatic ring is 1. The smallest absolute Gasteiger partial charge is 0.254 e. The zero-order valence-corrected chi connectivity index (χ0v) is 11.7. The monoisotopic (exact) mass is 262 g/mol. The van der Waals surface area contributed by atoms with Crippen molar-refractivity contribution >= 4 is 11.6 Å². The Labute approximate surface area is 114 Å². The summed E-state index contributed by atoms with van der Waals surface area (Å²) in [4.78, 5) is 14.4.